The largest absolute Gasteiger partial charge is 0.504 e. The molecule has 0 aliphatic carbocycles. The van der Waals surface area contributed by atoms with E-state index in [2.05, 4.69) is 0 Å². The Morgan fingerprint density at radius 3 is 0.767 bits per heavy atom. The topological polar surface area (TPSA) is 890 Å². The van der Waals surface area contributed by atoms with E-state index < -0.39 is 423 Å². The van der Waals surface area contributed by atoms with Gasteiger partial charge >= 0.3 is 59.7 Å². The molecule has 6 bridgehead atoms. The van der Waals surface area contributed by atoms with Gasteiger partial charge in [0.25, 0.3) is 0 Å². The van der Waals surface area contributed by atoms with Crippen LogP contribution in [0, 0.1) is 0 Å². The highest BCUT2D eigenvalue weighted by atomic mass is 16.7. The molecule has 133 heavy (non-hydrogen) atoms. The Morgan fingerprint density at radius 1 is 0.226 bits per heavy atom. The van der Waals surface area contributed by atoms with E-state index in [0.717, 1.165) is 0 Å². The summed E-state index contributed by atoms with van der Waals surface area (Å²) < 4.78 is 58.2. The molecule has 10 aromatic rings. The summed E-state index contributed by atoms with van der Waals surface area (Å²) in [6.45, 7) is -3.97. The van der Waals surface area contributed by atoms with Crippen molar-refractivity contribution in [3.63, 3.8) is 0 Å². The minimum atomic E-state index is -3.69. The maximum absolute atomic E-state index is 17.2. The van der Waals surface area contributed by atoms with Crippen LogP contribution in [0.4, 0.5) is 0 Å². The van der Waals surface area contributed by atoms with Gasteiger partial charge in [-0.05, 0) is 54.6 Å². The van der Waals surface area contributed by atoms with Crippen LogP contribution in [0.15, 0.2) is 54.6 Å². The van der Waals surface area contributed by atoms with Gasteiger partial charge in [0.1, 0.15) is 19.3 Å². The number of aromatic hydroxyl groups is 30. The number of phenols is 30. The minimum Gasteiger partial charge on any atom is -0.504 e. The van der Waals surface area contributed by atoms with E-state index in [4.69, 9.17) is 47.4 Å². The summed E-state index contributed by atoms with van der Waals surface area (Å²) in [5, 5.41) is 359. The first-order chi connectivity index (χ1) is 62.5. The van der Waals surface area contributed by atoms with Crippen molar-refractivity contribution in [2.75, 3.05) is 13.2 Å². The van der Waals surface area contributed by atoms with Gasteiger partial charge in [0.2, 0.25) is 46.0 Å². The average molecular weight is 1860 g/mol. The first-order valence-electron chi connectivity index (χ1n) is 37.1. The molecule has 10 atom stereocenters. The van der Waals surface area contributed by atoms with E-state index >= 15 is 33.6 Å². The molecular weight excluding hydrogens is 1800 g/mol. The number of rotatable bonds is 7. The first kappa shape index (κ1) is 87.3. The van der Waals surface area contributed by atoms with E-state index in [1.165, 1.54) is 0 Å². The zero-order chi connectivity index (χ0) is 96.8. The van der Waals surface area contributed by atoms with Gasteiger partial charge in [-0.1, -0.05) is 0 Å². The summed E-state index contributed by atoms with van der Waals surface area (Å²) >= 11 is 0. The number of carbonyl (C=O) groups excluding carboxylic acids is 10. The highest BCUT2D eigenvalue weighted by molar-refractivity contribution is 6.16. The van der Waals surface area contributed by atoms with Gasteiger partial charge in [-0.25, -0.2) is 47.9 Å². The Morgan fingerprint density at radius 2 is 0.451 bits per heavy atom. The molecule has 0 spiro atoms. The molecule has 688 valence electrons. The third kappa shape index (κ3) is 13.0. The Kier molecular flexibility index (Phi) is 20.1. The molecule has 31 N–H and O–H groups in total. The van der Waals surface area contributed by atoms with Gasteiger partial charge in [-0.15, -0.1) is 0 Å². The highest BCUT2D eigenvalue weighted by Gasteiger charge is 2.60. The molecule has 0 aromatic heterocycles. The van der Waals surface area contributed by atoms with Crippen molar-refractivity contribution in [2.45, 2.75) is 60.9 Å². The summed E-state index contributed by atoms with van der Waals surface area (Å²) in [6.07, 6.45) is -30.9. The van der Waals surface area contributed by atoms with Crippen LogP contribution >= 0.6 is 0 Å². The molecular formula is C82H54O51. The minimum absolute atomic E-state index is 0.0755. The predicted molar refractivity (Wildman–Crippen MR) is 411 cm³/mol. The summed E-state index contributed by atoms with van der Waals surface area (Å²) in [5.74, 6) is -79.5. The molecule has 51 nitrogen and oxygen atoms in total. The van der Waals surface area contributed by atoms with E-state index in [-0.39, 0.29) is 42.5 Å². The molecule has 7 aliphatic rings. The van der Waals surface area contributed by atoms with E-state index in [0.29, 0.717) is 12.1 Å². The molecule has 0 amide bonds. The number of benzene rings is 10. The zero-order valence-electron chi connectivity index (χ0n) is 64.9. The summed E-state index contributed by atoms with van der Waals surface area (Å²) in [6, 6.07) is 1.88. The molecule has 17 rings (SSSR count). The third-order valence-corrected chi connectivity index (χ3v) is 22.3. The van der Waals surface area contributed by atoms with E-state index in [9.17, 15) is 173 Å². The summed E-state index contributed by atoms with van der Waals surface area (Å²) in [7, 11) is 0. The van der Waals surface area contributed by atoms with Crippen molar-refractivity contribution >= 4 is 59.7 Å². The molecule has 0 radical (unpaired) electrons. The van der Waals surface area contributed by atoms with Crippen LogP contribution in [0.25, 0.3) is 44.5 Å². The Labute approximate surface area is 728 Å². The lowest BCUT2D eigenvalue weighted by Gasteiger charge is -2.43. The monoisotopic (exact) mass is 1850 g/mol. The van der Waals surface area contributed by atoms with Gasteiger partial charge in [-0.3, -0.25) is 0 Å². The molecule has 0 unspecified atom stereocenters. The van der Waals surface area contributed by atoms with Gasteiger partial charge in [0.15, 0.2) is 175 Å². The summed E-state index contributed by atoms with van der Waals surface area (Å²) in [5.41, 5.74) is -34.1. The molecule has 7 aliphatic heterocycles. The van der Waals surface area contributed by atoms with Gasteiger partial charge in [-0.2, -0.15) is 0 Å². The lowest BCUT2D eigenvalue weighted by molar-refractivity contribution is -0.154. The fourth-order valence-corrected chi connectivity index (χ4v) is 16.2. The highest BCUT2D eigenvalue weighted by Crippen LogP contribution is 2.66. The standard InChI is InChI=1S/C82H54O51/c83-19-1-12(2-20(84)45(19)92)73(114)126-28-10-124-75(116)14-5-23(87)47(94)52(99)30(14)32-16(7-25(89)49(96)54(32)101)77(118)128-67(28)71-69-40(38-41(80(121)130-69)35(57(104)64(111)60(38)107)34-18(79(120)132-71)9-27(91)51(98)56(34)103)39-42-36(58(105)65(112)61(39)108)37-43-44(62(109)66(113)59(37)106)63(110)70(131-82(43)123)72(133-81(42)122)68-29(127-74(115)13-3-21(85)46(93)22(86)4-13)11-125-76(117)15-6-24(88)48(95)53(100)31(15)33-17(78(119)129-68)8-26(90)50(97)55(33)102/h1-9,28-29,40,63,67-72,83-113H,10-11H2/t28-,29-,40+,63-,67-,68-,69+,70+,71+,72+/m1/s1. The van der Waals surface area contributed by atoms with Crippen LogP contribution in [0.5, 0.6) is 172 Å². The molecule has 10 aromatic carbocycles. The second-order valence-electron chi connectivity index (χ2n) is 29.7. The fraction of sp³-hybridized carbons (Fsp3) is 0.146. The Bertz CT molecular complexity index is 6990. The van der Waals surface area contributed by atoms with Crippen LogP contribution in [-0.2, 0) is 47.4 Å². The van der Waals surface area contributed by atoms with E-state index in [1.807, 2.05) is 0 Å². The maximum atomic E-state index is 17.2. The zero-order valence-corrected chi connectivity index (χ0v) is 64.9. The number of carbonyl (C=O) groups is 10. The second-order valence-corrected chi connectivity index (χ2v) is 29.7. The predicted octanol–water partition coefficient (Wildman–Crippen LogP) is 3.09. The number of hydrogen-bond donors (Lipinski definition) is 31. The molecule has 0 saturated heterocycles. The molecule has 0 fully saturated rings. The van der Waals surface area contributed by atoms with Crippen LogP contribution in [0.3, 0.4) is 0 Å². The number of phenolic OH excluding ortho intramolecular Hbond substituents is 30. The molecule has 7 heterocycles. The van der Waals surface area contributed by atoms with Crippen LogP contribution in [-0.4, -0.2) is 280 Å². The number of ether oxygens (including phenoxy) is 10. The number of cyclic esters (lactones) is 5. The van der Waals surface area contributed by atoms with Crippen molar-refractivity contribution in [1.29, 1.82) is 0 Å². The van der Waals surface area contributed by atoms with E-state index in [1.54, 1.807) is 0 Å². The van der Waals surface area contributed by atoms with Crippen LogP contribution in [0.2, 0.25) is 0 Å². The van der Waals surface area contributed by atoms with Crippen molar-refractivity contribution in [3.05, 3.63) is 127 Å². The second kappa shape index (κ2) is 30.6. The van der Waals surface area contributed by atoms with Crippen molar-refractivity contribution in [3.8, 4) is 217 Å². The first-order valence-corrected chi connectivity index (χ1v) is 37.1. The quantitative estimate of drug-likeness (QED) is 0.0619. The normalized spacial score (nSPS) is 20.1. The number of esters is 10. The maximum Gasteiger partial charge on any atom is 0.339 e. The molecule has 0 saturated carbocycles. The fourth-order valence-electron chi connectivity index (χ4n) is 16.2. The SMILES string of the molecule is O=C(O[C@@H]1COC(=O)c2cc(O)c(O)c(O)c2-c2c(cc(O)c(O)c2O)C(=O)O[C@H]1[C@@H]1OC(=O)c2c(c(O)c(O)c(O)c2[C@@H]2c3c(O)c(O)c(O)c4c3C(=O)O[C@@H]2[C@H]([C@@H]2OC(=O)c3cc(O)c(O)c(O)c3-c3c(cc(O)c(O)c3O)C(=O)OC[C@H]2OC(=O)c2cc(O)c(O)c(O)c2)OC(=O)c2cc(O)c(O)c(O)c2-4)-c2c(O)c(O)c(O)c3c2C(=O)O[C@H]1[C@@H]3O)c1cc(O)c(O)c(O)c1. The Hall–Kier alpha value is -19.1. The van der Waals surface area contributed by atoms with Gasteiger partial charge in [0, 0.05) is 61.2 Å². The lowest BCUT2D eigenvalue weighted by Crippen LogP contribution is -2.57. The number of hydrogen-bond acceptors (Lipinski definition) is 51. The van der Waals surface area contributed by atoms with Crippen molar-refractivity contribution in [1.82, 2.24) is 0 Å². The van der Waals surface area contributed by atoms with Gasteiger partial charge < -0.3 is 206 Å². The van der Waals surface area contributed by atoms with Gasteiger partial charge in [0.05, 0.1) is 61.6 Å². The van der Waals surface area contributed by atoms with Crippen molar-refractivity contribution in [2.24, 2.45) is 0 Å². The summed E-state index contributed by atoms with van der Waals surface area (Å²) in [4.78, 5) is 156. The molecule has 51 heteroatoms. The average Bonchev–Trinajstić information content (AvgIpc) is 0.738. The number of aliphatic hydroxyl groups excluding tert-OH is 1. The smallest absolute Gasteiger partial charge is 0.339 e. The van der Waals surface area contributed by atoms with Crippen LogP contribution < -0.4 is 0 Å². The van der Waals surface area contributed by atoms with Crippen molar-refractivity contribution < 1.29 is 254 Å². The van der Waals surface area contributed by atoms with Crippen LogP contribution in [0.1, 0.15) is 132 Å². The Balaban J connectivity index is 1.03. The third-order valence-electron chi connectivity index (χ3n) is 22.3. The number of fused-ring (bicyclic) bond motifs is 13. The number of aliphatic hydroxyl groups is 1. The lowest BCUT2D eigenvalue weighted by atomic mass is 9.72.